The highest BCUT2D eigenvalue weighted by Gasteiger charge is 2.32. The molecule has 0 unspecified atom stereocenters. The molecule has 7 heteroatoms. The van der Waals surface area contributed by atoms with Gasteiger partial charge < -0.3 is 5.11 Å². The van der Waals surface area contributed by atoms with Gasteiger partial charge in [0.15, 0.2) is 5.76 Å². The van der Waals surface area contributed by atoms with Crippen LogP contribution in [-0.2, 0) is 9.59 Å². The van der Waals surface area contributed by atoms with E-state index < -0.39 is 17.6 Å². The van der Waals surface area contributed by atoms with Gasteiger partial charge in [-0.15, -0.1) is 11.3 Å². The number of aliphatic hydroxyl groups excluding tert-OH is 1. The van der Waals surface area contributed by atoms with Crippen LogP contribution >= 0.6 is 11.3 Å². The molecule has 94 valence electrons. The molecule has 0 fully saturated rings. The molecular weight excluding hydrogens is 266 g/mol. The van der Waals surface area contributed by atoms with Gasteiger partial charge in [0.2, 0.25) is 0 Å². The maximum absolute atomic E-state index is 11.5. The Labute approximate surface area is 111 Å². The van der Waals surface area contributed by atoms with Crippen LogP contribution < -0.4 is 5.32 Å². The molecule has 1 aliphatic heterocycles. The normalized spacial score (nSPS) is 14.9. The number of aromatic nitrogens is 2. The third-order valence-corrected chi connectivity index (χ3v) is 3.42. The number of carbonyl (C=O) groups excluding carboxylic acids is 2. The number of amides is 2. The Morgan fingerprint density at radius 3 is 2.63 bits per heavy atom. The lowest BCUT2D eigenvalue weighted by Gasteiger charge is -1.94. The molecule has 0 saturated heterocycles. The summed E-state index contributed by atoms with van der Waals surface area (Å²) in [4.78, 5) is 31.1. The van der Waals surface area contributed by atoms with Gasteiger partial charge in [-0.05, 0) is 12.1 Å². The zero-order valence-electron chi connectivity index (χ0n) is 9.45. The lowest BCUT2D eigenvalue weighted by atomic mass is 10.2. The molecule has 0 bridgehead atoms. The minimum Gasteiger partial charge on any atom is -0.502 e. The van der Waals surface area contributed by atoms with E-state index in [9.17, 15) is 14.7 Å². The number of hydrogen-bond acceptors (Lipinski definition) is 6. The van der Waals surface area contributed by atoms with E-state index in [0.29, 0.717) is 10.7 Å². The Bertz CT molecular complexity index is 706. The monoisotopic (exact) mass is 273 g/mol. The van der Waals surface area contributed by atoms with Crippen molar-refractivity contribution in [2.45, 2.75) is 0 Å². The Morgan fingerprint density at radius 1 is 1.16 bits per heavy atom. The Kier molecular flexibility index (Phi) is 2.60. The molecule has 2 aromatic heterocycles. The molecule has 0 aliphatic carbocycles. The van der Waals surface area contributed by atoms with Crippen LogP contribution in [0.1, 0.15) is 5.69 Å². The fraction of sp³-hybridized carbons (Fsp3) is 0. The van der Waals surface area contributed by atoms with E-state index in [2.05, 4.69) is 9.97 Å². The highest BCUT2D eigenvalue weighted by molar-refractivity contribution is 7.13. The van der Waals surface area contributed by atoms with Gasteiger partial charge in [0.25, 0.3) is 11.8 Å². The smallest absolute Gasteiger partial charge is 0.293 e. The van der Waals surface area contributed by atoms with Crippen molar-refractivity contribution >= 4 is 28.7 Å². The van der Waals surface area contributed by atoms with Gasteiger partial charge in [0.05, 0.1) is 11.4 Å². The van der Waals surface area contributed by atoms with Crippen LogP contribution in [0.2, 0.25) is 0 Å². The van der Waals surface area contributed by atoms with Crippen LogP contribution in [0.3, 0.4) is 0 Å². The van der Waals surface area contributed by atoms with Gasteiger partial charge in [-0.3, -0.25) is 19.9 Å². The van der Waals surface area contributed by atoms with Crippen molar-refractivity contribution in [2.75, 3.05) is 0 Å². The second kappa shape index (κ2) is 4.29. The van der Waals surface area contributed by atoms with Gasteiger partial charge in [-0.25, -0.2) is 4.98 Å². The quantitative estimate of drug-likeness (QED) is 0.800. The van der Waals surface area contributed by atoms with E-state index in [1.807, 2.05) is 11.4 Å². The molecule has 0 spiro atoms. The molecule has 0 aromatic carbocycles. The standard InChI is InChI=1S/C12H7N3O3S/c16-9-8(10(17)15-11(9)18)7-5-19-12(14-7)6-3-1-2-4-13-6/h1-5H,(H2,15,16,17,18). The van der Waals surface area contributed by atoms with E-state index in [1.54, 1.807) is 23.7 Å². The molecule has 0 saturated carbocycles. The zero-order chi connectivity index (χ0) is 13.4. The van der Waals surface area contributed by atoms with Crippen molar-refractivity contribution in [1.82, 2.24) is 15.3 Å². The molecule has 0 atom stereocenters. The Balaban J connectivity index is 2.04. The van der Waals surface area contributed by atoms with Crippen molar-refractivity contribution in [1.29, 1.82) is 0 Å². The van der Waals surface area contributed by atoms with E-state index in [0.717, 1.165) is 0 Å². The van der Waals surface area contributed by atoms with E-state index in [-0.39, 0.29) is 11.3 Å². The number of rotatable bonds is 2. The second-order valence-electron chi connectivity index (χ2n) is 3.76. The molecule has 19 heavy (non-hydrogen) atoms. The molecule has 2 aromatic rings. The first-order chi connectivity index (χ1) is 9.16. The molecule has 0 radical (unpaired) electrons. The minimum absolute atomic E-state index is 0.0940. The van der Waals surface area contributed by atoms with E-state index in [4.69, 9.17) is 0 Å². The summed E-state index contributed by atoms with van der Waals surface area (Å²) in [6.45, 7) is 0. The summed E-state index contributed by atoms with van der Waals surface area (Å²) in [5.41, 5.74) is 0.846. The first kappa shape index (κ1) is 11.5. The molecule has 3 rings (SSSR count). The first-order valence-electron chi connectivity index (χ1n) is 5.33. The molecular formula is C12H7N3O3S. The lowest BCUT2D eigenvalue weighted by molar-refractivity contribution is -0.124. The highest BCUT2D eigenvalue weighted by Crippen LogP contribution is 2.28. The van der Waals surface area contributed by atoms with Crippen molar-refractivity contribution in [3.05, 3.63) is 41.2 Å². The summed E-state index contributed by atoms with van der Waals surface area (Å²) in [7, 11) is 0. The minimum atomic E-state index is -0.799. The van der Waals surface area contributed by atoms with Gasteiger partial charge in [-0.1, -0.05) is 6.07 Å². The summed E-state index contributed by atoms with van der Waals surface area (Å²) in [5, 5.41) is 13.8. The molecule has 2 N–H and O–H groups in total. The third-order valence-electron chi connectivity index (χ3n) is 2.55. The van der Waals surface area contributed by atoms with E-state index in [1.165, 1.54) is 11.3 Å². The number of nitrogens with one attached hydrogen (secondary N) is 1. The van der Waals surface area contributed by atoms with Gasteiger partial charge >= 0.3 is 0 Å². The maximum atomic E-state index is 11.5. The number of thiazole rings is 1. The fourth-order valence-electron chi connectivity index (χ4n) is 1.68. The Hall–Kier alpha value is -2.54. The van der Waals surface area contributed by atoms with Gasteiger partial charge in [0, 0.05) is 11.6 Å². The molecule has 6 nitrogen and oxygen atoms in total. The number of pyridine rings is 1. The third kappa shape index (κ3) is 1.89. The van der Waals surface area contributed by atoms with Crippen LogP contribution in [0.5, 0.6) is 0 Å². The SMILES string of the molecule is O=C1NC(=O)C(c2csc(-c3ccccn3)n2)=C1O. The molecule has 2 amide bonds. The predicted octanol–water partition coefficient (Wildman–Crippen LogP) is 1.13. The number of hydrogen-bond donors (Lipinski definition) is 2. The largest absolute Gasteiger partial charge is 0.502 e. The zero-order valence-corrected chi connectivity index (χ0v) is 10.3. The average molecular weight is 273 g/mol. The van der Waals surface area contributed by atoms with Crippen molar-refractivity contribution in [3.63, 3.8) is 0 Å². The summed E-state index contributed by atoms with van der Waals surface area (Å²) in [6, 6.07) is 5.40. The summed E-state index contributed by atoms with van der Waals surface area (Å²) < 4.78 is 0. The second-order valence-corrected chi connectivity index (χ2v) is 4.62. The summed E-state index contributed by atoms with van der Waals surface area (Å²) in [5.74, 6) is -2.03. The van der Waals surface area contributed by atoms with E-state index >= 15 is 0 Å². The van der Waals surface area contributed by atoms with Gasteiger partial charge in [-0.2, -0.15) is 0 Å². The van der Waals surface area contributed by atoms with Crippen LogP contribution in [-0.4, -0.2) is 26.9 Å². The van der Waals surface area contributed by atoms with Crippen molar-refractivity contribution in [2.24, 2.45) is 0 Å². The van der Waals surface area contributed by atoms with Crippen molar-refractivity contribution in [3.8, 4) is 10.7 Å². The van der Waals surface area contributed by atoms with Crippen molar-refractivity contribution < 1.29 is 14.7 Å². The van der Waals surface area contributed by atoms with Crippen LogP contribution in [0.25, 0.3) is 16.3 Å². The first-order valence-corrected chi connectivity index (χ1v) is 6.21. The van der Waals surface area contributed by atoms with Gasteiger partial charge in [0.1, 0.15) is 10.6 Å². The average Bonchev–Trinajstić information content (AvgIpc) is 2.97. The summed E-state index contributed by atoms with van der Waals surface area (Å²) >= 11 is 1.28. The number of carbonyl (C=O) groups is 2. The van der Waals surface area contributed by atoms with Crippen LogP contribution in [0.15, 0.2) is 35.5 Å². The van der Waals surface area contributed by atoms with Crippen LogP contribution in [0.4, 0.5) is 0 Å². The highest BCUT2D eigenvalue weighted by atomic mass is 32.1. The Morgan fingerprint density at radius 2 is 2.00 bits per heavy atom. The topological polar surface area (TPSA) is 92.2 Å². The number of imide groups is 1. The fourth-order valence-corrected chi connectivity index (χ4v) is 2.47. The molecule has 1 aliphatic rings. The summed E-state index contributed by atoms with van der Waals surface area (Å²) in [6.07, 6.45) is 1.64. The predicted molar refractivity (Wildman–Crippen MR) is 68.0 cm³/mol. The maximum Gasteiger partial charge on any atom is 0.293 e. The van der Waals surface area contributed by atoms with Crippen LogP contribution in [0, 0.1) is 0 Å². The molecule has 3 heterocycles. The lowest BCUT2D eigenvalue weighted by Crippen LogP contribution is -2.22. The number of nitrogens with zero attached hydrogens (tertiary/aromatic N) is 2. The number of aliphatic hydroxyl groups is 1.